The fraction of sp³-hybridized carbons (Fsp3) is 0.500. The fourth-order valence-electron chi connectivity index (χ4n) is 2.13. The number of nitrogens with one attached hydrogen (secondary N) is 2. The molecule has 0 aliphatic rings. The van der Waals surface area contributed by atoms with Gasteiger partial charge in [-0.25, -0.2) is 14.3 Å². The molecule has 1 atom stereocenters. The lowest BCUT2D eigenvalue weighted by atomic mass is 10.1. The standard InChI is InChI=1S/C12H17N5O4/c1-6(2)7(11(19)20)15-5-17-10(18)8-9(14-4-13-8)16(3)12(17)21/h4,6-7,15H,5H2,1-3H3,(H,13,14)(H,19,20)/t7-/m0/s1. The smallest absolute Gasteiger partial charge is 0.333 e. The number of carboxylic acid groups (broad SMARTS) is 1. The molecule has 0 spiro atoms. The number of aromatic amines is 1. The fourth-order valence-corrected chi connectivity index (χ4v) is 2.13. The van der Waals surface area contributed by atoms with E-state index in [0.29, 0.717) is 0 Å². The van der Waals surface area contributed by atoms with Crippen molar-refractivity contribution in [1.82, 2.24) is 24.4 Å². The first-order chi connectivity index (χ1) is 9.84. The molecule has 0 saturated carbocycles. The zero-order valence-corrected chi connectivity index (χ0v) is 12.0. The van der Waals surface area contributed by atoms with Crippen LogP contribution in [0.15, 0.2) is 15.9 Å². The molecule has 2 aromatic rings. The van der Waals surface area contributed by atoms with E-state index in [1.54, 1.807) is 13.8 Å². The topological polar surface area (TPSA) is 122 Å². The number of aromatic nitrogens is 4. The second-order valence-corrected chi connectivity index (χ2v) is 5.10. The Morgan fingerprint density at radius 3 is 2.71 bits per heavy atom. The number of fused-ring (bicyclic) bond motifs is 1. The summed E-state index contributed by atoms with van der Waals surface area (Å²) in [6.45, 7) is 3.30. The van der Waals surface area contributed by atoms with Crippen LogP contribution in [0.2, 0.25) is 0 Å². The average Bonchev–Trinajstić information content (AvgIpc) is 2.88. The first kappa shape index (κ1) is 15.0. The Balaban J connectivity index is 2.41. The maximum absolute atomic E-state index is 12.2. The highest BCUT2D eigenvalue weighted by molar-refractivity contribution is 5.73. The molecule has 0 aliphatic carbocycles. The van der Waals surface area contributed by atoms with Gasteiger partial charge in [0.15, 0.2) is 5.65 Å². The lowest BCUT2D eigenvalue weighted by molar-refractivity contribution is -0.140. The van der Waals surface area contributed by atoms with Crippen molar-refractivity contribution < 1.29 is 9.90 Å². The van der Waals surface area contributed by atoms with E-state index in [-0.39, 0.29) is 23.8 Å². The Morgan fingerprint density at radius 1 is 1.48 bits per heavy atom. The van der Waals surface area contributed by atoms with Gasteiger partial charge < -0.3 is 10.1 Å². The van der Waals surface area contributed by atoms with Crippen LogP contribution in [0.4, 0.5) is 0 Å². The van der Waals surface area contributed by atoms with Crippen molar-refractivity contribution in [2.75, 3.05) is 0 Å². The van der Waals surface area contributed by atoms with E-state index in [4.69, 9.17) is 5.11 Å². The quantitative estimate of drug-likeness (QED) is 0.655. The summed E-state index contributed by atoms with van der Waals surface area (Å²) < 4.78 is 2.18. The molecule has 2 aromatic heterocycles. The van der Waals surface area contributed by atoms with Gasteiger partial charge in [-0.3, -0.25) is 19.5 Å². The van der Waals surface area contributed by atoms with Gasteiger partial charge in [0.05, 0.1) is 13.0 Å². The van der Waals surface area contributed by atoms with Gasteiger partial charge in [-0.15, -0.1) is 0 Å². The van der Waals surface area contributed by atoms with Crippen molar-refractivity contribution in [3.63, 3.8) is 0 Å². The molecule has 0 aliphatic heterocycles. The highest BCUT2D eigenvalue weighted by Crippen LogP contribution is 2.02. The molecule has 0 bridgehead atoms. The van der Waals surface area contributed by atoms with E-state index >= 15 is 0 Å². The van der Waals surface area contributed by atoms with Gasteiger partial charge in [-0.1, -0.05) is 13.8 Å². The second kappa shape index (κ2) is 5.52. The molecule has 0 fully saturated rings. The van der Waals surface area contributed by atoms with Gasteiger partial charge in [0.1, 0.15) is 11.6 Å². The Labute approximate surface area is 119 Å². The lowest BCUT2D eigenvalue weighted by Gasteiger charge is -2.18. The first-order valence-electron chi connectivity index (χ1n) is 6.43. The molecular formula is C12H17N5O4. The van der Waals surface area contributed by atoms with Crippen molar-refractivity contribution in [2.24, 2.45) is 13.0 Å². The number of rotatable bonds is 5. The molecular weight excluding hydrogens is 278 g/mol. The minimum absolute atomic E-state index is 0.182. The molecule has 2 heterocycles. The summed E-state index contributed by atoms with van der Waals surface area (Å²) in [4.78, 5) is 42.1. The summed E-state index contributed by atoms with van der Waals surface area (Å²) >= 11 is 0. The van der Waals surface area contributed by atoms with Crippen LogP contribution in [-0.4, -0.2) is 36.2 Å². The van der Waals surface area contributed by atoms with Crippen LogP contribution in [0.1, 0.15) is 13.8 Å². The number of nitrogens with zero attached hydrogens (tertiary/aromatic N) is 3. The van der Waals surface area contributed by atoms with Crippen molar-refractivity contribution >= 4 is 17.1 Å². The van der Waals surface area contributed by atoms with Crippen molar-refractivity contribution in [2.45, 2.75) is 26.6 Å². The number of aryl methyl sites for hydroxylation is 1. The third-order valence-corrected chi connectivity index (χ3v) is 3.32. The zero-order valence-electron chi connectivity index (χ0n) is 12.0. The van der Waals surface area contributed by atoms with Gasteiger partial charge in [-0.2, -0.15) is 0 Å². The second-order valence-electron chi connectivity index (χ2n) is 5.10. The summed E-state index contributed by atoms with van der Waals surface area (Å²) in [6, 6.07) is -0.848. The SMILES string of the molecule is CC(C)[C@H](NCn1c(=O)c2[nH]cnc2n(C)c1=O)C(=O)O. The Morgan fingerprint density at radius 2 is 2.14 bits per heavy atom. The van der Waals surface area contributed by atoms with Crippen LogP contribution in [-0.2, 0) is 18.5 Å². The summed E-state index contributed by atoms with van der Waals surface area (Å²) in [5, 5.41) is 11.8. The molecule has 9 heteroatoms. The molecule has 2 rings (SSSR count). The van der Waals surface area contributed by atoms with E-state index in [1.807, 2.05) is 0 Å². The van der Waals surface area contributed by atoms with Crippen molar-refractivity contribution in [1.29, 1.82) is 0 Å². The number of carboxylic acids is 1. The zero-order chi connectivity index (χ0) is 15.7. The molecule has 0 amide bonds. The first-order valence-corrected chi connectivity index (χ1v) is 6.43. The number of hydrogen-bond acceptors (Lipinski definition) is 5. The largest absolute Gasteiger partial charge is 0.480 e. The normalized spacial score (nSPS) is 13.0. The minimum atomic E-state index is -1.03. The predicted molar refractivity (Wildman–Crippen MR) is 75.0 cm³/mol. The van der Waals surface area contributed by atoms with E-state index in [1.165, 1.54) is 17.9 Å². The van der Waals surface area contributed by atoms with Gasteiger partial charge >= 0.3 is 11.7 Å². The number of H-pyrrole nitrogens is 1. The Kier molecular flexibility index (Phi) is 3.94. The highest BCUT2D eigenvalue weighted by atomic mass is 16.4. The molecule has 0 aromatic carbocycles. The number of aliphatic carboxylic acids is 1. The van der Waals surface area contributed by atoms with Crippen LogP contribution in [0.3, 0.4) is 0 Å². The predicted octanol–water partition coefficient (Wildman–Crippen LogP) is -0.920. The number of hydrogen-bond donors (Lipinski definition) is 3. The Hall–Kier alpha value is -2.42. The summed E-state index contributed by atoms with van der Waals surface area (Å²) in [6.07, 6.45) is 1.33. The molecule has 0 radical (unpaired) electrons. The number of carbonyl (C=O) groups is 1. The van der Waals surface area contributed by atoms with Gasteiger partial charge in [-0.05, 0) is 5.92 Å². The van der Waals surface area contributed by atoms with E-state index < -0.39 is 23.3 Å². The third-order valence-electron chi connectivity index (χ3n) is 3.32. The van der Waals surface area contributed by atoms with Crippen LogP contribution in [0, 0.1) is 5.92 Å². The lowest BCUT2D eigenvalue weighted by Crippen LogP contribution is -2.48. The molecule has 0 saturated heterocycles. The van der Waals surface area contributed by atoms with Crippen LogP contribution in [0.25, 0.3) is 11.2 Å². The maximum Gasteiger partial charge on any atom is 0.333 e. The summed E-state index contributed by atoms with van der Waals surface area (Å²) in [5.74, 6) is -1.21. The molecule has 21 heavy (non-hydrogen) atoms. The van der Waals surface area contributed by atoms with Gasteiger partial charge in [0, 0.05) is 7.05 Å². The van der Waals surface area contributed by atoms with E-state index in [0.717, 1.165) is 4.57 Å². The molecule has 0 unspecified atom stereocenters. The summed E-state index contributed by atoms with van der Waals surface area (Å²) in [5.41, 5.74) is -0.624. The average molecular weight is 295 g/mol. The van der Waals surface area contributed by atoms with Crippen LogP contribution < -0.4 is 16.6 Å². The van der Waals surface area contributed by atoms with Crippen molar-refractivity contribution in [3.05, 3.63) is 27.2 Å². The third kappa shape index (κ3) is 2.59. The minimum Gasteiger partial charge on any atom is -0.480 e. The van der Waals surface area contributed by atoms with Crippen LogP contribution >= 0.6 is 0 Å². The van der Waals surface area contributed by atoms with E-state index in [2.05, 4.69) is 15.3 Å². The maximum atomic E-state index is 12.2. The van der Waals surface area contributed by atoms with Gasteiger partial charge in [0.25, 0.3) is 5.56 Å². The van der Waals surface area contributed by atoms with Crippen LogP contribution in [0.5, 0.6) is 0 Å². The van der Waals surface area contributed by atoms with Gasteiger partial charge in [0.2, 0.25) is 0 Å². The highest BCUT2D eigenvalue weighted by Gasteiger charge is 2.21. The van der Waals surface area contributed by atoms with Crippen molar-refractivity contribution in [3.8, 4) is 0 Å². The summed E-state index contributed by atoms with van der Waals surface area (Å²) in [7, 11) is 1.50. The molecule has 3 N–H and O–H groups in total. The van der Waals surface area contributed by atoms with E-state index in [9.17, 15) is 14.4 Å². The monoisotopic (exact) mass is 295 g/mol. The molecule has 114 valence electrons. The Bertz CT molecular complexity index is 785. The molecule has 9 nitrogen and oxygen atoms in total. The number of imidazole rings is 1.